The van der Waals surface area contributed by atoms with E-state index in [4.69, 9.17) is 5.73 Å². The van der Waals surface area contributed by atoms with E-state index in [-0.39, 0.29) is 6.54 Å². The second-order valence-corrected chi connectivity index (χ2v) is 6.13. The van der Waals surface area contributed by atoms with Crippen molar-refractivity contribution < 1.29 is 9.59 Å². The third-order valence-electron chi connectivity index (χ3n) is 4.17. The van der Waals surface area contributed by atoms with Crippen LogP contribution in [-0.4, -0.2) is 11.8 Å². The van der Waals surface area contributed by atoms with Crippen molar-refractivity contribution in [2.75, 3.05) is 4.90 Å². The summed E-state index contributed by atoms with van der Waals surface area (Å²) in [4.78, 5) is 25.7. The molecule has 0 saturated heterocycles. The molecule has 130 valence electrons. The fourth-order valence-corrected chi connectivity index (χ4v) is 2.90. The summed E-state index contributed by atoms with van der Waals surface area (Å²) >= 11 is 0. The number of hydrogen-bond donors (Lipinski definition) is 1. The van der Waals surface area contributed by atoms with Gasteiger partial charge in [-0.2, -0.15) is 0 Å². The van der Waals surface area contributed by atoms with Gasteiger partial charge in [0, 0.05) is 5.56 Å². The van der Waals surface area contributed by atoms with E-state index >= 15 is 0 Å². The minimum absolute atomic E-state index is 0.269. The van der Waals surface area contributed by atoms with Crippen LogP contribution in [0.2, 0.25) is 0 Å². The van der Waals surface area contributed by atoms with Crippen molar-refractivity contribution >= 4 is 17.5 Å². The third-order valence-corrected chi connectivity index (χ3v) is 4.17. The Morgan fingerprint density at radius 2 is 1.50 bits per heavy atom. The summed E-state index contributed by atoms with van der Waals surface area (Å²) in [5.41, 5.74) is 9.82. The summed E-state index contributed by atoms with van der Waals surface area (Å²) in [5.74, 6) is -1.70. The van der Waals surface area contributed by atoms with Crippen molar-refractivity contribution in [2.45, 2.75) is 13.5 Å². The molecule has 4 heteroatoms. The lowest BCUT2D eigenvalue weighted by Gasteiger charge is -2.25. The largest absolute Gasteiger partial charge is 0.361 e. The second-order valence-electron chi connectivity index (χ2n) is 6.13. The van der Waals surface area contributed by atoms with Crippen LogP contribution >= 0.6 is 0 Å². The highest BCUT2D eigenvalue weighted by Crippen LogP contribution is 2.33. The van der Waals surface area contributed by atoms with Gasteiger partial charge in [0.25, 0.3) is 0 Å². The van der Waals surface area contributed by atoms with Crippen LogP contribution in [0.4, 0.5) is 5.69 Å². The summed E-state index contributed by atoms with van der Waals surface area (Å²) in [6, 6.07) is 25.1. The molecule has 3 rings (SSSR count). The number of carbonyl (C=O) groups excluding carboxylic acids is 2. The van der Waals surface area contributed by atoms with E-state index in [1.54, 1.807) is 0 Å². The smallest absolute Gasteiger partial charge is 0.316 e. The first kappa shape index (κ1) is 17.4. The van der Waals surface area contributed by atoms with Crippen molar-refractivity contribution in [2.24, 2.45) is 5.73 Å². The van der Waals surface area contributed by atoms with E-state index in [0.29, 0.717) is 5.69 Å². The molecule has 3 aromatic rings. The van der Waals surface area contributed by atoms with Gasteiger partial charge in [-0.25, -0.2) is 0 Å². The predicted octanol–water partition coefficient (Wildman–Crippen LogP) is 3.68. The molecule has 0 aromatic heterocycles. The Balaban J connectivity index is 2.12. The van der Waals surface area contributed by atoms with Crippen molar-refractivity contribution in [3.63, 3.8) is 0 Å². The molecule has 0 atom stereocenters. The van der Waals surface area contributed by atoms with E-state index in [1.807, 2.05) is 85.8 Å². The highest BCUT2D eigenvalue weighted by molar-refractivity contribution is 6.40. The van der Waals surface area contributed by atoms with Crippen LogP contribution in [0.5, 0.6) is 0 Å². The number of carbonyl (C=O) groups is 2. The Labute approximate surface area is 152 Å². The average Bonchev–Trinajstić information content (AvgIpc) is 2.67. The molecule has 0 fully saturated rings. The summed E-state index contributed by atoms with van der Waals surface area (Å²) in [7, 11) is 0. The molecule has 0 spiro atoms. The number of primary amides is 1. The number of benzene rings is 3. The first-order valence-electron chi connectivity index (χ1n) is 8.37. The van der Waals surface area contributed by atoms with Crippen LogP contribution < -0.4 is 10.6 Å². The Bertz CT molecular complexity index is 921. The Morgan fingerprint density at radius 3 is 2.12 bits per heavy atom. The van der Waals surface area contributed by atoms with Gasteiger partial charge in [-0.1, -0.05) is 72.3 Å². The van der Waals surface area contributed by atoms with Crippen molar-refractivity contribution in [3.8, 4) is 11.1 Å². The molecule has 3 aromatic carbocycles. The zero-order valence-corrected chi connectivity index (χ0v) is 14.6. The standard InChI is InChI=1S/C22H20N2O2/c1-16-12-13-20(19(14-16)18-10-6-3-7-11-18)24(22(26)21(23)25)15-17-8-4-2-5-9-17/h2-14H,15H2,1H3,(H2,23,25). The van der Waals surface area contributed by atoms with Gasteiger partial charge in [0.15, 0.2) is 0 Å². The Morgan fingerprint density at radius 1 is 0.885 bits per heavy atom. The van der Waals surface area contributed by atoms with Crippen molar-refractivity contribution in [1.29, 1.82) is 0 Å². The number of amides is 2. The van der Waals surface area contributed by atoms with Crippen LogP contribution in [0.3, 0.4) is 0 Å². The van der Waals surface area contributed by atoms with Gasteiger partial charge in [-0.15, -0.1) is 0 Å². The van der Waals surface area contributed by atoms with Crippen LogP contribution in [0, 0.1) is 6.92 Å². The zero-order chi connectivity index (χ0) is 18.5. The fraction of sp³-hybridized carbons (Fsp3) is 0.0909. The molecule has 0 heterocycles. The van der Waals surface area contributed by atoms with Gasteiger partial charge < -0.3 is 5.73 Å². The van der Waals surface area contributed by atoms with Gasteiger partial charge in [0.2, 0.25) is 0 Å². The van der Waals surface area contributed by atoms with Gasteiger partial charge in [0.05, 0.1) is 12.2 Å². The Hall–Kier alpha value is -3.40. The first-order chi connectivity index (χ1) is 12.6. The lowest BCUT2D eigenvalue weighted by atomic mass is 10.00. The molecular formula is C22H20N2O2. The van der Waals surface area contributed by atoms with Crippen molar-refractivity contribution in [1.82, 2.24) is 0 Å². The maximum atomic E-state index is 12.6. The first-order valence-corrected chi connectivity index (χ1v) is 8.37. The van der Waals surface area contributed by atoms with Gasteiger partial charge in [0.1, 0.15) is 0 Å². The highest BCUT2D eigenvalue weighted by atomic mass is 16.2. The number of hydrogen-bond acceptors (Lipinski definition) is 2. The fourth-order valence-electron chi connectivity index (χ4n) is 2.90. The van der Waals surface area contributed by atoms with Crippen molar-refractivity contribution in [3.05, 3.63) is 90.0 Å². The van der Waals surface area contributed by atoms with E-state index in [9.17, 15) is 9.59 Å². The number of nitrogens with zero attached hydrogens (tertiary/aromatic N) is 1. The molecule has 0 saturated carbocycles. The number of aryl methyl sites for hydroxylation is 1. The topological polar surface area (TPSA) is 63.4 Å². The number of anilines is 1. The minimum atomic E-state index is -0.972. The second kappa shape index (κ2) is 7.66. The summed E-state index contributed by atoms with van der Waals surface area (Å²) in [6.07, 6.45) is 0. The average molecular weight is 344 g/mol. The SMILES string of the molecule is Cc1ccc(N(Cc2ccccc2)C(=O)C(N)=O)c(-c2ccccc2)c1. The van der Waals surface area contributed by atoms with Gasteiger partial charge >= 0.3 is 11.8 Å². The number of rotatable bonds is 4. The lowest BCUT2D eigenvalue weighted by Crippen LogP contribution is -2.40. The molecule has 0 aliphatic rings. The zero-order valence-electron chi connectivity index (χ0n) is 14.6. The van der Waals surface area contributed by atoms with Crippen LogP contribution in [0.25, 0.3) is 11.1 Å². The molecular weight excluding hydrogens is 324 g/mol. The molecule has 0 radical (unpaired) electrons. The molecule has 4 nitrogen and oxygen atoms in total. The normalized spacial score (nSPS) is 10.3. The van der Waals surface area contributed by atoms with Gasteiger partial charge in [-0.3, -0.25) is 14.5 Å². The molecule has 0 bridgehead atoms. The van der Waals surface area contributed by atoms with Gasteiger partial charge in [-0.05, 0) is 30.2 Å². The van der Waals surface area contributed by atoms with E-state index in [2.05, 4.69) is 0 Å². The van der Waals surface area contributed by atoms with E-state index < -0.39 is 11.8 Å². The number of nitrogens with two attached hydrogens (primary N) is 1. The summed E-state index contributed by atoms with van der Waals surface area (Å²) in [5, 5.41) is 0. The van der Waals surface area contributed by atoms with Crippen LogP contribution in [-0.2, 0) is 16.1 Å². The highest BCUT2D eigenvalue weighted by Gasteiger charge is 2.24. The summed E-state index contributed by atoms with van der Waals surface area (Å²) < 4.78 is 0. The maximum Gasteiger partial charge on any atom is 0.316 e. The summed E-state index contributed by atoms with van der Waals surface area (Å²) in [6.45, 7) is 2.26. The molecule has 0 aliphatic carbocycles. The maximum absolute atomic E-state index is 12.6. The third kappa shape index (κ3) is 3.81. The molecule has 26 heavy (non-hydrogen) atoms. The molecule has 0 unspecified atom stereocenters. The van der Waals surface area contributed by atoms with E-state index in [1.165, 1.54) is 4.90 Å². The predicted molar refractivity (Wildman–Crippen MR) is 103 cm³/mol. The molecule has 2 N–H and O–H groups in total. The quantitative estimate of drug-likeness (QED) is 0.734. The monoisotopic (exact) mass is 344 g/mol. The molecule has 0 aliphatic heterocycles. The van der Waals surface area contributed by atoms with E-state index in [0.717, 1.165) is 22.3 Å². The van der Waals surface area contributed by atoms with Crippen LogP contribution in [0.15, 0.2) is 78.9 Å². The lowest BCUT2D eigenvalue weighted by molar-refractivity contribution is -0.135. The molecule has 2 amide bonds. The van der Waals surface area contributed by atoms with Crippen LogP contribution in [0.1, 0.15) is 11.1 Å². The minimum Gasteiger partial charge on any atom is -0.361 e. The Kier molecular flexibility index (Phi) is 5.13.